The van der Waals surface area contributed by atoms with Crippen LogP contribution in [0.15, 0.2) is 120 Å². The van der Waals surface area contributed by atoms with Crippen LogP contribution >= 0.6 is 0 Å². The number of piperazine rings is 2. The minimum absolute atomic E-state index is 0.0724. The van der Waals surface area contributed by atoms with Gasteiger partial charge >= 0.3 is 11.9 Å². The molecule has 8 aromatic rings. The lowest BCUT2D eigenvalue weighted by atomic mass is 9.88. The predicted molar refractivity (Wildman–Crippen MR) is 383 cm³/mol. The number of carboxylic acid groups (broad SMARTS) is 2. The van der Waals surface area contributed by atoms with Crippen LogP contribution in [0.1, 0.15) is 112 Å². The van der Waals surface area contributed by atoms with Crippen molar-refractivity contribution < 1.29 is 73.1 Å². The first-order valence-corrected chi connectivity index (χ1v) is 37.0. The predicted octanol–water partition coefficient (Wildman–Crippen LogP) is 10.1. The van der Waals surface area contributed by atoms with Crippen LogP contribution in [-0.4, -0.2) is 186 Å². The van der Waals surface area contributed by atoms with E-state index in [1.54, 1.807) is 115 Å². The highest BCUT2D eigenvalue weighted by Crippen LogP contribution is 2.37. The molecule has 0 amide bonds. The molecule has 30 heteroatoms. The number of halogens is 4. The molecule has 0 radical (unpaired) electrons. The van der Waals surface area contributed by atoms with E-state index < -0.39 is 76.4 Å². The number of aliphatic carboxylic acids is 2. The van der Waals surface area contributed by atoms with Crippen LogP contribution in [0.5, 0.6) is 23.3 Å². The molecular weight excluding hydrogens is 1390 g/mol. The van der Waals surface area contributed by atoms with Crippen LogP contribution < -0.4 is 24.1 Å². The normalized spacial score (nSPS) is 14.6. The Labute approximate surface area is 605 Å². The maximum atomic E-state index is 17.2. The molecule has 4 aromatic heterocycles. The second-order valence-electron chi connectivity index (χ2n) is 28.1. The first-order valence-electron chi connectivity index (χ1n) is 34.0. The number of benzene rings is 4. The quantitative estimate of drug-likeness (QED) is 0.0367. The number of ether oxygens (including phenoxy) is 4. The van der Waals surface area contributed by atoms with Crippen molar-refractivity contribution in [2.24, 2.45) is 5.14 Å². The van der Waals surface area contributed by atoms with E-state index in [4.69, 9.17) is 24.1 Å². The van der Waals surface area contributed by atoms with Gasteiger partial charge in [-0.05, 0) is 170 Å². The number of primary sulfonamides is 1. The Bertz CT molecular complexity index is 4530. The van der Waals surface area contributed by atoms with Crippen LogP contribution in [0.25, 0.3) is 22.3 Å². The molecule has 0 spiro atoms. The summed E-state index contributed by atoms with van der Waals surface area (Å²) < 4.78 is 143. The molecule has 2 saturated heterocycles. The summed E-state index contributed by atoms with van der Waals surface area (Å²) in [5, 5.41) is 31.7. The summed E-state index contributed by atoms with van der Waals surface area (Å²) in [6, 6.07) is 25.8. The van der Waals surface area contributed by atoms with Crippen molar-refractivity contribution in [1.29, 1.82) is 0 Å². The van der Waals surface area contributed by atoms with Crippen molar-refractivity contribution in [3.05, 3.63) is 177 Å². The van der Waals surface area contributed by atoms with E-state index in [-0.39, 0.29) is 87.2 Å². The lowest BCUT2D eigenvalue weighted by Gasteiger charge is -2.33. The molecule has 10 rings (SSSR count). The fourth-order valence-corrected chi connectivity index (χ4v) is 14.6. The summed E-state index contributed by atoms with van der Waals surface area (Å²) in [5.74, 6) is -3.76. The first-order chi connectivity index (χ1) is 49.0. The molecule has 0 saturated carbocycles. The third-order valence-corrected chi connectivity index (χ3v) is 20.9. The van der Waals surface area contributed by atoms with E-state index in [1.165, 1.54) is 50.3 Å². The number of nitrogens with zero attached hydrogens (tertiary/aromatic N) is 11. The van der Waals surface area contributed by atoms with Gasteiger partial charge in [-0.2, -0.15) is 14.5 Å². The van der Waals surface area contributed by atoms with Crippen LogP contribution in [0.3, 0.4) is 0 Å². The maximum Gasteiger partial charge on any atom is 0.307 e. The third-order valence-electron chi connectivity index (χ3n) is 18.4. The number of sulfonamides is 2. The van der Waals surface area contributed by atoms with Gasteiger partial charge in [-0.3, -0.25) is 28.8 Å². The Morgan fingerprint density at radius 2 is 0.923 bits per heavy atom. The first kappa shape index (κ1) is 79.2. The Hall–Kier alpha value is -8.88. The van der Waals surface area contributed by atoms with Crippen molar-refractivity contribution in [2.45, 2.75) is 127 Å². The molecule has 104 heavy (non-hydrogen) atoms. The van der Waals surface area contributed by atoms with Gasteiger partial charge in [-0.1, -0.05) is 52.0 Å². The number of methoxy groups -OCH3 is 2. The Morgan fingerprint density at radius 3 is 1.27 bits per heavy atom. The average molecular weight is 1480 g/mol. The number of nitrogens with two attached hydrogens (primary N) is 1. The van der Waals surface area contributed by atoms with E-state index in [2.05, 4.69) is 34.9 Å². The summed E-state index contributed by atoms with van der Waals surface area (Å²) in [6.07, 6.45) is 2.35. The summed E-state index contributed by atoms with van der Waals surface area (Å²) >= 11 is 0. The zero-order valence-electron chi connectivity index (χ0n) is 60.7. The second kappa shape index (κ2) is 33.5. The molecule has 4 N–H and O–H groups in total. The number of aromatic nitrogens is 6. The standard InChI is InChI=1S/C45H54F2N6O7S.C29H38F2N6O5S/c1-30(2)37-23-34(46)24-38(39(37)25-42(54)55)33-16-17-48-41(22-33)60-29-45(3,4)53-40(28-51-20-18-50(5)19-21-51)43(47)44(49-53)61(56,57)52(26-31-8-12-35(58-6)13-9-31)27-32-10-14-36(59-7)15-11-32;1-18(2)21-13-20(30)14-22(23(21)15-26(38)39)19-6-7-33-25(12-19)42-17-29(3,4)37-24(16-36-10-8-35(5)9-11-36)27(31)28(34-37)43(32,40)41/h8-17,22-24,30H,18-21,25-29H2,1-7H3,(H,54,55);6-7,12-14,18H,8-11,15-17H2,1-5H3,(H,38,39)(H2,32,40,41). The van der Waals surface area contributed by atoms with E-state index >= 15 is 8.78 Å². The summed E-state index contributed by atoms with van der Waals surface area (Å²) in [5.41, 5.74) is 3.30. The van der Waals surface area contributed by atoms with E-state index in [0.29, 0.717) is 93.3 Å². The summed E-state index contributed by atoms with van der Waals surface area (Å²) in [4.78, 5) is 40.6. The highest BCUT2D eigenvalue weighted by molar-refractivity contribution is 7.89. The van der Waals surface area contributed by atoms with Gasteiger partial charge < -0.3 is 39.0 Å². The number of likely N-dealkylation sites (N-methyl/N-ethyl adjacent to an activating group) is 2. The fourth-order valence-electron chi connectivity index (χ4n) is 12.6. The van der Waals surface area contributed by atoms with Gasteiger partial charge in [0.1, 0.15) is 36.3 Å². The molecule has 2 aliphatic heterocycles. The lowest BCUT2D eigenvalue weighted by Crippen LogP contribution is -2.45. The molecule has 0 bridgehead atoms. The van der Waals surface area contributed by atoms with Gasteiger partial charge in [0.2, 0.25) is 21.8 Å². The monoisotopic (exact) mass is 1480 g/mol. The summed E-state index contributed by atoms with van der Waals surface area (Å²) in [6.45, 7) is 20.0. The van der Waals surface area contributed by atoms with E-state index in [9.17, 15) is 45.4 Å². The maximum absolute atomic E-state index is 17.2. The van der Waals surface area contributed by atoms with Crippen molar-refractivity contribution >= 4 is 32.0 Å². The Kier molecular flexibility index (Phi) is 25.5. The summed E-state index contributed by atoms with van der Waals surface area (Å²) in [7, 11) is -1.92. The fraction of sp³-hybridized carbons (Fsp3) is 0.432. The van der Waals surface area contributed by atoms with Gasteiger partial charge in [0.15, 0.2) is 11.6 Å². The topological polar surface area (TPSA) is 283 Å². The molecule has 2 fully saturated rings. The van der Waals surface area contributed by atoms with Crippen LogP contribution in [0.4, 0.5) is 17.6 Å². The van der Waals surface area contributed by atoms with Crippen molar-refractivity contribution in [3.8, 4) is 45.5 Å². The van der Waals surface area contributed by atoms with Crippen LogP contribution in [-0.2, 0) is 79.7 Å². The SMILES string of the molecule is CC(C)c1cc(F)cc(-c2ccnc(OCC(C)(C)n3nc(S(N)(=O)=O)c(F)c3CN3CCN(C)CC3)c2)c1CC(=O)O.COc1ccc(CN(Cc2ccc(OC)cc2)S(=O)(=O)c2nn(C(C)(C)COc3cc(-c4cc(F)cc(C(C)C)c4CC(=O)O)ccn3)c(CN3CCN(C)CC3)c2F)cc1. The molecule has 0 aliphatic carbocycles. The average Bonchev–Trinajstić information content (AvgIpc) is 1.57. The van der Waals surface area contributed by atoms with Gasteiger partial charge in [0.25, 0.3) is 20.0 Å². The molecular formula is C74H92F4N12O12S2. The molecule has 0 unspecified atom stereocenters. The molecule has 2 aliphatic rings. The van der Waals surface area contributed by atoms with Crippen molar-refractivity contribution in [2.75, 3.05) is 93.9 Å². The zero-order valence-corrected chi connectivity index (χ0v) is 62.3. The highest BCUT2D eigenvalue weighted by Gasteiger charge is 2.40. The number of pyridine rings is 2. The van der Waals surface area contributed by atoms with Crippen LogP contribution in [0, 0.1) is 23.3 Å². The van der Waals surface area contributed by atoms with Crippen molar-refractivity contribution in [3.63, 3.8) is 0 Å². The van der Waals surface area contributed by atoms with E-state index in [1.807, 2.05) is 46.7 Å². The molecule has 560 valence electrons. The molecule has 4 aromatic carbocycles. The van der Waals surface area contributed by atoms with Crippen molar-refractivity contribution in [1.82, 2.24) is 53.4 Å². The zero-order chi connectivity index (χ0) is 75.8. The van der Waals surface area contributed by atoms with Gasteiger partial charge in [-0.15, -0.1) is 0 Å². The molecule has 24 nitrogen and oxygen atoms in total. The lowest BCUT2D eigenvalue weighted by molar-refractivity contribution is -0.137. The third kappa shape index (κ3) is 19.5. The minimum atomic E-state index is -4.59. The molecule has 0 atom stereocenters. The Morgan fingerprint density at radius 1 is 0.558 bits per heavy atom. The van der Waals surface area contributed by atoms with Gasteiger partial charge in [0, 0.05) is 103 Å². The van der Waals surface area contributed by atoms with Crippen LogP contribution in [0.2, 0.25) is 0 Å². The molecule has 6 heterocycles. The number of rotatable bonds is 29. The Balaban J connectivity index is 0.000000256. The number of hydrogen-bond donors (Lipinski definition) is 3. The highest BCUT2D eigenvalue weighted by atomic mass is 32.2. The number of carbonyl (C=O) groups is 2. The largest absolute Gasteiger partial charge is 0.497 e. The number of hydrogen-bond acceptors (Lipinski definition) is 18. The van der Waals surface area contributed by atoms with Gasteiger partial charge in [0.05, 0.1) is 49.5 Å². The van der Waals surface area contributed by atoms with Gasteiger partial charge in [-0.25, -0.2) is 49.5 Å². The van der Waals surface area contributed by atoms with E-state index in [0.717, 1.165) is 26.2 Å². The smallest absolute Gasteiger partial charge is 0.307 e. The number of carboxylic acids is 2. The minimum Gasteiger partial charge on any atom is -0.497 e. The second-order valence-corrected chi connectivity index (χ2v) is 31.4.